The zero-order valence-electron chi connectivity index (χ0n) is 7.74. The molecular weight excluding hydrogens is 170 g/mol. The van der Waals surface area contributed by atoms with Crippen LogP contribution in [-0.4, -0.2) is 19.2 Å². The molecule has 0 unspecified atom stereocenters. The van der Waals surface area contributed by atoms with Crippen LogP contribution in [0.5, 0.6) is 0 Å². The fourth-order valence-electron chi connectivity index (χ4n) is 1.07. The van der Waals surface area contributed by atoms with Crippen LogP contribution in [0.4, 0.5) is 4.79 Å². The van der Waals surface area contributed by atoms with E-state index in [0.717, 1.165) is 12.0 Å². The Morgan fingerprint density at radius 2 is 2.54 bits per heavy atom. The Morgan fingerprint density at radius 3 is 3.08 bits per heavy atom. The van der Waals surface area contributed by atoms with Crippen LogP contribution >= 0.6 is 0 Å². The highest BCUT2D eigenvalue weighted by molar-refractivity contribution is 5.67. The van der Waals surface area contributed by atoms with Gasteiger partial charge in [-0.05, 0) is 25.0 Å². The number of hydrogen-bond donors (Lipinski definition) is 1. The molecule has 0 bridgehead atoms. The van der Waals surface area contributed by atoms with Crippen LogP contribution < -0.4 is 5.32 Å². The largest absolute Gasteiger partial charge is 0.472 e. The molecule has 4 heteroatoms. The fourth-order valence-corrected chi connectivity index (χ4v) is 1.07. The van der Waals surface area contributed by atoms with Crippen molar-refractivity contribution in [2.45, 2.75) is 19.4 Å². The predicted octanol–water partition coefficient (Wildman–Crippen LogP) is 1.57. The van der Waals surface area contributed by atoms with Crippen LogP contribution in [0.25, 0.3) is 0 Å². The highest BCUT2D eigenvalue weighted by Crippen LogP contribution is 2.03. The lowest BCUT2D eigenvalue weighted by molar-refractivity contribution is 0.167. The maximum atomic E-state index is 10.8. The number of ether oxygens (including phenoxy) is 1. The number of carbonyl (C=O) groups excluding carboxylic acids is 1. The van der Waals surface area contributed by atoms with Crippen molar-refractivity contribution in [3.8, 4) is 0 Å². The molecule has 0 saturated heterocycles. The van der Waals surface area contributed by atoms with Crippen molar-refractivity contribution in [1.29, 1.82) is 0 Å². The molecule has 1 rings (SSSR count). The summed E-state index contributed by atoms with van der Waals surface area (Å²) in [5.41, 5.74) is 1.06. The van der Waals surface area contributed by atoms with E-state index < -0.39 is 6.09 Å². The normalized spacial score (nSPS) is 12.2. The summed E-state index contributed by atoms with van der Waals surface area (Å²) in [5.74, 6) is 0. The van der Waals surface area contributed by atoms with Crippen molar-refractivity contribution in [2.75, 3.05) is 7.11 Å². The Kier molecular flexibility index (Phi) is 3.37. The molecule has 0 aromatic carbocycles. The monoisotopic (exact) mass is 183 g/mol. The number of furan rings is 1. The highest BCUT2D eigenvalue weighted by Gasteiger charge is 2.07. The summed E-state index contributed by atoms with van der Waals surface area (Å²) >= 11 is 0. The summed E-state index contributed by atoms with van der Waals surface area (Å²) in [5, 5.41) is 2.66. The Morgan fingerprint density at radius 1 is 1.77 bits per heavy atom. The van der Waals surface area contributed by atoms with Crippen molar-refractivity contribution in [3.63, 3.8) is 0 Å². The molecule has 0 spiro atoms. The molecule has 0 aliphatic rings. The Bertz CT molecular complexity index is 256. The molecule has 0 fully saturated rings. The SMILES string of the molecule is COC(=O)N[C@H](C)Cc1ccoc1. The first-order valence-electron chi connectivity index (χ1n) is 4.08. The number of amides is 1. The topological polar surface area (TPSA) is 51.5 Å². The van der Waals surface area contributed by atoms with Gasteiger partial charge in [-0.1, -0.05) is 0 Å². The minimum Gasteiger partial charge on any atom is -0.472 e. The molecule has 1 N–H and O–H groups in total. The standard InChI is InChI=1S/C9H13NO3/c1-7(10-9(11)12-2)5-8-3-4-13-6-8/h3-4,6-7H,5H2,1-2H3,(H,10,11)/t7-/m1/s1. The van der Waals surface area contributed by atoms with E-state index >= 15 is 0 Å². The van der Waals surface area contributed by atoms with E-state index in [1.807, 2.05) is 13.0 Å². The average Bonchev–Trinajstić information content (AvgIpc) is 2.56. The van der Waals surface area contributed by atoms with Gasteiger partial charge in [0.1, 0.15) is 0 Å². The van der Waals surface area contributed by atoms with Crippen molar-refractivity contribution in [1.82, 2.24) is 5.32 Å². The third-order valence-corrected chi connectivity index (χ3v) is 1.67. The van der Waals surface area contributed by atoms with Crippen LogP contribution in [-0.2, 0) is 11.2 Å². The molecule has 72 valence electrons. The minimum absolute atomic E-state index is 0.0463. The van der Waals surface area contributed by atoms with Gasteiger partial charge in [-0.2, -0.15) is 0 Å². The fraction of sp³-hybridized carbons (Fsp3) is 0.444. The van der Waals surface area contributed by atoms with Crippen LogP contribution in [0.2, 0.25) is 0 Å². The van der Waals surface area contributed by atoms with Gasteiger partial charge >= 0.3 is 6.09 Å². The second kappa shape index (κ2) is 4.54. The second-order valence-corrected chi connectivity index (χ2v) is 2.87. The van der Waals surface area contributed by atoms with E-state index in [1.165, 1.54) is 7.11 Å². The molecule has 1 atom stereocenters. The molecule has 0 aliphatic heterocycles. The summed E-state index contributed by atoms with van der Waals surface area (Å²) < 4.78 is 9.37. The number of rotatable bonds is 3. The van der Waals surface area contributed by atoms with E-state index in [4.69, 9.17) is 4.42 Å². The van der Waals surface area contributed by atoms with Gasteiger partial charge in [-0.15, -0.1) is 0 Å². The molecular formula is C9H13NO3. The van der Waals surface area contributed by atoms with Gasteiger partial charge in [0, 0.05) is 6.04 Å². The number of nitrogens with one attached hydrogen (secondary N) is 1. The molecule has 4 nitrogen and oxygen atoms in total. The number of carbonyl (C=O) groups is 1. The first-order chi connectivity index (χ1) is 6.22. The number of methoxy groups -OCH3 is 1. The van der Waals surface area contributed by atoms with Gasteiger partial charge in [0.15, 0.2) is 0 Å². The number of alkyl carbamates (subject to hydrolysis) is 1. The van der Waals surface area contributed by atoms with Gasteiger partial charge < -0.3 is 14.5 Å². The van der Waals surface area contributed by atoms with Crippen LogP contribution in [0.3, 0.4) is 0 Å². The lowest BCUT2D eigenvalue weighted by atomic mass is 10.1. The van der Waals surface area contributed by atoms with Gasteiger partial charge in [0.05, 0.1) is 19.6 Å². The Labute approximate surface area is 76.9 Å². The van der Waals surface area contributed by atoms with Crippen molar-refractivity contribution < 1.29 is 13.9 Å². The molecule has 1 heterocycles. The molecule has 0 aliphatic carbocycles. The van der Waals surface area contributed by atoms with Gasteiger partial charge in [-0.25, -0.2) is 4.79 Å². The maximum Gasteiger partial charge on any atom is 0.407 e. The lowest BCUT2D eigenvalue weighted by Gasteiger charge is -2.10. The summed E-state index contributed by atoms with van der Waals surface area (Å²) in [6.07, 6.45) is 3.61. The first-order valence-corrected chi connectivity index (χ1v) is 4.08. The lowest BCUT2D eigenvalue weighted by Crippen LogP contribution is -2.33. The zero-order chi connectivity index (χ0) is 9.68. The highest BCUT2D eigenvalue weighted by atomic mass is 16.5. The Balaban J connectivity index is 2.33. The van der Waals surface area contributed by atoms with E-state index in [0.29, 0.717) is 0 Å². The van der Waals surface area contributed by atoms with Crippen molar-refractivity contribution >= 4 is 6.09 Å². The smallest absolute Gasteiger partial charge is 0.407 e. The maximum absolute atomic E-state index is 10.8. The first kappa shape index (κ1) is 9.64. The molecule has 0 radical (unpaired) electrons. The minimum atomic E-state index is -0.406. The van der Waals surface area contributed by atoms with Crippen molar-refractivity contribution in [2.24, 2.45) is 0 Å². The van der Waals surface area contributed by atoms with E-state index in [9.17, 15) is 4.79 Å². The van der Waals surface area contributed by atoms with Crippen LogP contribution in [0.15, 0.2) is 23.0 Å². The summed E-state index contributed by atoms with van der Waals surface area (Å²) in [4.78, 5) is 10.8. The summed E-state index contributed by atoms with van der Waals surface area (Å²) in [7, 11) is 1.35. The average molecular weight is 183 g/mol. The molecule has 1 aromatic rings. The van der Waals surface area contributed by atoms with Crippen molar-refractivity contribution in [3.05, 3.63) is 24.2 Å². The molecule has 1 aromatic heterocycles. The Hall–Kier alpha value is -1.45. The van der Waals surface area contributed by atoms with Crippen LogP contribution in [0.1, 0.15) is 12.5 Å². The van der Waals surface area contributed by atoms with Gasteiger partial charge in [0.25, 0.3) is 0 Å². The quantitative estimate of drug-likeness (QED) is 0.773. The molecule has 13 heavy (non-hydrogen) atoms. The molecule has 0 saturated carbocycles. The van der Waals surface area contributed by atoms with Gasteiger partial charge in [0.2, 0.25) is 0 Å². The van der Waals surface area contributed by atoms with Crippen LogP contribution in [0, 0.1) is 0 Å². The predicted molar refractivity (Wildman–Crippen MR) is 47.4 cm³/mol. The summed E-state index contributed by atoms with van der Waals surface area (Å²) in [6.45, 7) is 1.91. The summed E-state index contributed by atoms with van der Waals surface area (Å²) in [6, 6.07) is 1.92. The molecule has 1 amide bonds. The zero-order valence-corrected chi connectivity index (χ0v) is 7.74. The van der Waals surface area contributed by atoms with Gasteiger partial charge in [-0.3, -0.25) is 0 Å². The van der Waals surface area contributed by atoms with E-state index in [1.54, 1.807) is 12.5 Å². The number of hydrogen-bond acceptors (Lipinski definition) is 3. The second-order valence-electron chi connectivity index (χ2n) is 2.87. The third-order valence-electron chi connectivity index (χ3n) is 1.67. The van der Waals surface area contributed by atoms with E-state index in [2.05, 4.69) is 10.1 Å². The van der Waals surface area contributed by atoms with E-state index in [-0.39, 0.29) is 6.04 Å². The third kappa shape index (κ3) is 3.19.